The van der Waals surface area contributed by atoms with Crippen LogP contribution in [0, 0.1) is 17.1 Å². The molecule has 9 nitrogen and oxygen atoms in total. The number of ketones is 1. The molecule has 0 radical (unpaired) electrons. The number of imide groups is 1. The zero-order valence-electron chi connectivity index (χ0n) is 20.8. The van der Waals surface area contributed by atoms with Crippen molar-refractivity contribution in [2.24, 2.45) is 7.05 Å². The zero-order valence-corrected chi connectivity index (χ0v) is 21.5. The third-order valence-electron chi connectivity index (χ3n) is 7.02. The van der Waals surface area contributed by atoms with E-state index in [1.54, 1.807) is 36.3 Å². The molecule has 0 bridgehead atoms. The van der Waals surface area contributed by atoms with Gasteiger partial charge in [0.1, 0.15) is 24.1 Å². The first-order chi connectivity index (χ1) is 18.8. The van der Waals surface area contributed by atoms with Gasteiger partial charge >= 0.3 is 0 Å². The number of hydrogen-bond donors (Lipinski definition) is 0. The number of nitrogens with zero attached hydrogens (tertiary/aromatic N) is 5. The predicted molar refractivity (Wildman–Crippen MR) is 138 cm³/mol. The number of halogens is 2. The minimum atomic E-state index is -0.816. The van der Waals surface area contributed by atoms with Gasteiger partial charge in [0.2, 0.25) is 0 Å². The molecule has 2 aromatic carbocycles. The summed E-state index contributed by atoms with van der Waals surface area (Å²) < 4.78 is 22.9. The van der Waals surface area contributed by atoms with Crippen LogP contribution >= 0.6 is 11.6 Å². The van der Waals surface area contributed by atoms with Gasteiger partial charge in [-0.05, 0) is 30.5 Å². The summed E-state index contributed by atoms with van der Waals surface area (Å²) in [4.78, 5) is 41.3. The second-order valence-corrected chi connectivity index (χ2v) is 10.0. The summed E-state index contributed by atoms with van der Waals surface area (Å²) >= 11 is 6.25. The molecule has 0 unspecified atom stereocenters. The smallest absolute Gasteiger partial charge is 0.263 e. The van der Waals surface area contributed by atoms with Crippen molar-refractivity contribution in [3.05, 3.63) is 70.3 Å². The molecule has 2 amide bonds. The largest absolute Gasteiger partial charge is 0.489 e. The van der Waals surface area contributed by atoms with Gasteiger partial charge in [-0.2, -0.15) is 10.4 Å². The van der Waals surface area contributed by atoms with Crippen LogP contribution in [0.1, 0.15) is 45.5 Å². The first-order valence-electron chi connectivity index (χ1n) is 12.3. The molecule has 2 aliphatic heterocycles. The van der Waals surface area contributed by atoms with E-state index in [2.05, 4.69) is 11.2 Å². The van der Waals surface area contributed by atoms with Crippen LogP contribution in [0.2, 0.25) is 5.02 Å². The number of benzene rings is 2. The summed E-state index contributed by atoms with van der Waals surface area (Å²) in [6.45, 7) is 0.372. The van der Waals surface area contributed by atoms with Gasteiger partial charge in [0.25, 0.3) is 11.8 Å². The van der Waals surface area contributed by atoms with Crippen molar-refractivity contribution >= 4 is 29.2 Å². The lowest BCUT2D eigenvalue weighted by molar-refractivity contribution is -0.115. The van der Waals surface area contributed by atoms with E-state index >= 15 is 4.39 Å². The molecule has 0 N–H and O–H groups in total. The van der Waals surface area contributed by atoms with Gasteiger partial charge < -0.3 is 9.64 Å². The lowest BCUT2D eigenvalue weighted by atomic mass is 9.93. The minimum Gasteiger partial charge on any atom is -0.489 e. The second kappa shape index (κ2) is 9.36. The Morgan fingerprint density at radius 1 is 1.15 bits per heavy atom. The van der Waals surface area contributed by atoms with Crippen LogP contribution in [-0.4, -0.2) is 56.5 Å². The normalized spacial score (nSPS) is 16.6. The highest BCUT2D eigenvalue weighted by Gasteiger charge is 2.39. The third-order valence-corrected chi connectivity index (χ3v) is 7.29. The molecule has 196 valence electrons. The monoisotopic (exact) mass is 545 g/mol. The second-order valence-electron chi connectivity index (χ2n) is 9.63. The topological polar surface area (TPSA) is 109 Å². The molecule has 39 heavy (non-hydrogen) atoms. The minimum absolute atomic E-state index is 0.0150. The fraction of sp³-hybridized carbons (Fsp3) is 0.250. The molecule has 3 aliphatic rings. The summed E-state index contributed by atoms with van der Waals surface area (Å²) in [5.41, 5.74) is 1.18. The molecule has 3 aromatic rings. The number of nitriles is 1. The van der Waals surface area contributed by atoms with Crippen LogP contribution in [0.15, 0.2) is 42.7 Å². The predicted octanol–water partition coefficient (Wildman–Crippen LogP) is 4.30. The SMILES string of the molecule is Cn1ncc(-c2cccc3c2C(=O)N(CN2C=CC(=O)CC2)C3=O)c1-c1c(F)c(Cl)cc(OC2CC2)c1C#N. The Morgan fingerprint density at radius 2 is 1.92 bits per heavy atom. The van der Waals surface area contributed by atoms with E-state index in [4.69, 9.17) is 16.3 Å². The highest BCUT2D eigenvalue weighted by molar-refractivity contribution is 6.31. The number of aryl methyl sites for hydroxylation is 1. The zero-order chi connectivity index (χ0) is 27.4. The highest BCUT2D eigenvalue weighted by atomic mass is 35.5. The maximum absolute atomic E-state index is 15.6. The van der Waals surface area contributed by atoms with Crippen LogP contribution < -0.4 is 4.74 Å². The average Bonchev–Trinajstić information content (AvgIpc) is 3.62. The number of aromatic nitrogens is 2. The maximum atomic E-state index is 15.6. The number of ether oxygens (including phenoxy) is 1. The van der Waals surface area contributed by atoms with Gasteiger partial charge in [0, 0.05) is 37.8 Å². The summed E-state index contributed by atoms with van der Waals surface area (Å²) in [5.74, 6) is -1.65. The Balaban J connectivity index is 1.47. The van der Waals surface area contributed by atoms with Gasteiger partial charge in [-0.3, -0.25) is 24.0 Å². The Labute approximate surface area is 227 Å². The van der Waals surface area contributed by atoms with Crippen LogP contribution in [-0.2, 0) is 11.8 Å². The fourth-order valence-electron chi connectivity index (χ4n) is 4.91. The van der Waals surface area contributed by atoms with Crippen LogP contribution in [0.25, 0.3) is 22.4 Å². The summed E-state index contributed by atoms with van der Waals surface area (Å²) in [6.07, 6.45) is 6.36. The Bertz CT molecular complexity index is 1650. The maximum Gasteiger partial charge on any atom is 0.263 e. The molecule has 0 saturated heterocycles. The van der Waals surface area contributed by atoms with E-state index in [9.17, 15) is 19.6 Å². The third kappa shape index (κ3) is 4.15. The standard InChI is InChI=1S/C28H21ClFN5O4/c1-33-26(24-19(12-31)22(39-16-5-6-16)11-21(29)25(24)30)20(13-32-33)17-3-2-4-18-23(17)28(38)35(27(18)37)14-34-9-7-15(36)8-10-34/h2-4,7,9,11,13,16H,5-6,8,10,14H2,1H3. The van der Waals surface area contributed by atoms with Crippen molar-refractivity contribution in [1.29, 1.82) is 5.26 Å². The van der Waals surface area contributed by atoms with Crippen LogP contribution in [0.5, 0.6) is 5.75 Å². The molecule has 6 rings (SSSR count). The summed E-state index contributed by atoms with van der Waals surface area (Å²) in [7, 11) is 1.59. The van der Waals surface area contributed by atoms with Crippen molar-refractivity contribution in [2.75, 3.05) is 13.2 Å². The fourth-order valence-corrected chi connectivity index (χ4v) is 5.11. The molecule has 1 saturated carbocycles. The highest BCUT2D eigenvalue weighted by Crippen LogP contribution is 2.44. The van der Waals surface area contributed by atoms with Gasteiger partial charge in [0.15, 0.2) is 11.6 Å². The summed E-state index contributed by atoms with van der Waals surface area (Å²) in [6, 6.07) is 8.21. The number of rotatable bonds is 6. The number of carbonyl (C=O) groups excluding carboxylic acids is 3. The van der Waals surface area contributed by atoms with Crippen molar-refractivity contribution in [3.8, 4) is 34.2 Å². The molecular weight excluding hydrogens is 525 g/mol. The summed E-state index contributed by atoms with van der Waals surface area (Å²) in [5, 5.41) is 14.1. The van der Waals surface area contributed by atoms with Crippen molar-refractivity contribution in [2.45, 2.75) is 25.4 Å². The van der Waals surface area contributed by atoms with Crippen molar-refractivity contribution < 1.29 is 23.5 Å². The number of allylic oxidation sites excluding steroid dienone is 1. The van der Waals surface area contributed by atoms with E-state index in [-0.39, 0.29) is 57.3 Å². The Hall–Kier alpha value is -4.49. The van der Waals surface area contributed by atoms with Gasteiger partial charge in [-0.25, -0.2) is 4.39 Å². The first kappa shape index (κ1) is 24.8. The number of hydrogen-bond acceptors (Lipinski definition) is 7. The van der Waals surface area contributed by atoms with E-state index in [0.717, 1.165) is 17.7 Å². The average molecular weight is 546 g/mol. The molecule has 0 atom stereocenters. The Kier molecular flexibility index (Phi) is 5.96. The molecule has 3 heterocycles. The lowest BCUT2D eigenvalue weighted by Crippen LogP contribution is -2.40. The van der Waals surface area contributed by atoms with E-state index < -0.39 is 17.6 Å². The molecule has 1 aliphatic carbocycles. The number of carbonyl (C=O) groups is 3. The van der Waals surface area contributed by atoms with E-state index in [1.165, 1.54) is 23.0 Å². The molecule has 0 spiro atoms. The first-order valence-corrected chi connectivity index (χ1v) is 12.7. The molecule has 1 aromatic heterocycles. The quantitative estimate of drug-likeness (QED) is 0.425. The Morgan fingerprint density at radius 3 is 2.62 bits per heavy atom. The van der Waals surface area contributed by atoms with E-state index in [0.29, 0.717) is 24.1 Å². The van der Waals surface area contributed by atoms with Crippen LogP contribution in [0.4, 0.5) is 4.39 Å². The lowest BCUT2D eigenvalue weighted by Gasteiger charge is -2.27. The van der Waals surface area contributed by atoms with E-state index in [1.807, 2.05) is 0 Å². The van der Waals surface area contributed by atoms with Crippen molar-refractivity contribution in [1.82, 2.24) is 19.6 Å². The molecular formula is C28H21ClFN5O4. The molecule has 1 fully saturated rings. The van der Waals surface area contributed by atoms with Gasteiger partial charge in [0.05, 0.1) is 39.7 Å². The van der Waals surface area contributed by atoms with Gasteiger partial charge in [-0.1, -0.05) is 23.7 Å². The number of fused-ring (bicyclic) bond motifs is 1. The van der Waals surface area contributed by atoms with Gasteiger partial charge in [-0.15, -0.1) is 0 Å². The van der Waals surface area contributed by atoms with Crippen molar-refractivity contribution in [3.63, 3.8) is 0 Å². The number of amides is 2. The van der Waals surface area contributed by atoms with Crippen LogP contribution in [0.3, 0.4) is 0 Å². The molecule has 11 heteroatoms.